The van der Waals surface area contributed by atoms with Crippen LogP contribution >= 0.6 is 0 Å². The van der Waals surface area contributed by atoms with Gasteiger partial charge >= 0.3 is 0 Å². The van der Waals surface area contributed by atoms with E-state index in [1.165, 1.54) is 51.9 Å². The molecular formula is C20H42N2Y15-4. The van der Waals surface area contributed by atoms with Crippen molar-refractivity contribution in [2.75, 3.05) is 26.2 Å². The number of hydrogen-bond donors (Lipinski definition) is 0. The van der Waals surface area contributed by atoms with Crippen molar-refractivity contribution in [2.24, 2.45) is 0 Å². The van der Waals surface area contributed by atoms with Gasteiger partial charge in [-0.3, -0.25) is 0 Å². The molecule has 0 spiro atoms. The average Bonchev–Trinajstić information content (AvgIpc) is 2.40. The summed E-state index contributed by atoms with van der Waals surface area (Å²) < 4.78 is 0. The minimum Gasteiger partial charge on any atom is -0.358 e. The molecule has 0 aromatic rings. The van der Waals surface area contributed by atoms with Gasteiger partial charge in [-0.25, -0.2) is 0 Å². The molecule has 0 saturated carbocycles. The van der Waals surface area contributed by atoms with E-state index in [1.807, 2.05) is 0 Å². The molecule has 0 aliphatic carbocycles. The summed E-state index contributed by atoms with van der Waals surface area (Å²) in [5.41, 5.74) is 0.766. The van der Waals surface area contributed by atoms with Crippen LogP contribution in [0.15, 0.2) is 0 Å². The zero-order valence-corrected chi connectivity index (χ0v) is 67.9. The fourth-order valence-electron chi connectivity index (χ4n) is 2.84. The van der Waals surface area contributed by atoms with Crippen molar-refractivity contribution in [3.63, 3.8) is 0 Å². The van der Waals surface area contributed by atoms with Crippen molar-refractivity contribution in [3.8, 4) is 0 Å². The summed E-state index contributed by atoms with van der Waals surface area (Å²) in [7, 11) is 0. The number of piperidine rings is 2. The van der Waals surface area contributed by atoms with Gasteiger partial charge in [-0.05, 0) is 67.7 Å². The first-order valence-corrected chi connectivity index (χ1v) is 8.35. The van der Waals surface area contributed by atoms with Gasteiger partial charge < -0.3 is 37.5 Å². The van der Waals surface area contributed by atoms with Gasteiger partial charge in [-0.15, -0.1) is 0 Å². The smallest absolute Gasteiger partial charge is 0.0122 e. The van der Waals surface area contributed by atoms with Crippen molar-refractivity contribution in [2.45, 2.75) is 78.3 Å². The third-order valence-corrected chi connectivity index (χ3v) is 4.31. The number of nitrogens with zero attached hydrogens (tertiary/aromatic N) is 2. The van der Waals surface area contributed by atoms with Crippen LogP contribution in [0, 0.1) is 27.7 Å². The summed E-state index contributed by atoms with van der Waals surface area (Å²) in [5.74, 6) is 0. The van der Waals surface area contributed by atoms with Crippen LogP contribution in [0.4, 0.5) is 0 Å². The molecule has 37 heavy (non-hydrogen) atoms. The summed E-state index contributed by atoms with van der Waals surface area (Å²) in [5, 5.41) is 0. The zero-order chi connectivity index (χ0) is 15.2. The Labute approximate surface area is 613 Å². The Hall–Kier alpha value is 16.5. The molecule has 15 radical (unpaired) electrons. The molecule has 0 unspecified atom stereocenters. The fraction of sp³-hybridized carbons (Fsp3) is 0.800. The molecule has 0 aromatic carbocycles. The van der Waals surface area contributed by atoms with E-state index in [4.69, 9.17) is 0 Å². The SMILES string of the molecule is CC(C)(C)N1CC[CH-]CC1.CC(C)(C)N1CC[CH-]CC1.[CH3-].[CH3-].[Y].[Y].[Y].[Y].[Y].[Y].[Y].[Y].[Y].[Y].[Y].[Y].[Y].[Y].[Y]. The first-order valence-electron chi connectivity index (χ1n) is 8.35. The molecule has 2 fully saturated rings. The quantitative estimate of drug-likeness (QED) is 0.315. The number of likely N-dealkylation sites (tertiary alicyclic amines) is 2. The minimum absolute atomic E-state index is 0. The Kier molecular flexibility index (Phi) is 210. The van der Waals surface area contributed by atoms with Gasteiger partial charge in [0.25, 0.3) is 0 Å². The maximum atomic E-state index is 2.55. The van der Waals surface area contributed by atoms with Gasteiger partial charge in [0.15, 0.2) is 0 Å². The van der Waals surface area contributed by atoms with E-state index in [0.29, 0.717) is 11.1 Å². The van der Waals surface area contributed by atoms with Crippen molar-refractivity contribution < 1.29 is 491 Å². The summed E-state index contributed by atoms with van der Waals surface area (Å²) >= 11 is 0. The predicted octanol–water partition coefficient (Wildman–Crippen LogP) is 5.03. The molecule has 0 amide bonds. The molecule has 2 heterocycles. The van der Waals surface area contributed by atoms with E-state index in [9.17, 15) is 0 Å². The second kappa shape index (κ2) is 70.3. The number of hydrogen-bond acceptors (Lipinski definition) is 2. The standard InChI is InChI=1S/2C9H18N.2CH3.15Y/c2*1-9(2,3)10-7-5-4-6-8-10;;;;;;;;;;;;;;;;;/h2*4H,5-8H2,1-3H3;2*1H3;;;;;;;;;;;;;;;/q4*-1;;;;;;;;;;;;;;;. The maximum absolute atomic E-state index is 2.55. The molecular weight excluding hydrogens is 1600 g/mol. The molecule has 2 nitrogen and oxygen atoms in total. The molecule has 0 aromatic heterocycles. The van der Waals surface area contributed by atoms with Crippen molar-refractivity contribution in [3.05, 3.63) is 27.7 Å². The van der Waals surface area contributed by atoms with Crippen molar-refractivity contribution in [1.29, 1.82) is 0 Å². The average molecular weight is 1640 g/mol. The molecule has 0 N–H and O–H groups in total. The van der Waals surface area contributed by atoms with Crippen LogP contribution in [0.5, 0.6) is 0 Å². The van der Waals surface area contributed by atoms with Gasteiger partial charge in [0.2, 0.25) is 0 Å². The Balaban J connectivity index is -0.00000000988. The van der Waals surface area contributed by atoms with Gasteiger partial charge in [0, 0.05) is 502 Å². The first-order chi connectivity index (χ1) is 9.21. The van der Waals surface area contributed by atoms with Crippen LogP contribution in [0.3, 0.4) is 0 Å². The Bertz CT molecular complexity index is 256. The topological polar surface area (TPSA) is 6.48 Å². The fourth-order valence-corrected chi connectivity index (χ4v) is 2.84. The molecule has 2 aliphatic rings. The second-order valence-corrected chi connectivity index (χ2v) is 8.05. The Morgan fingerprint density at radius 1 is 0.351 bits per heavy atom. The van der Waals surface area contributed by atoms with Crippen LogP contribution in [-0.2, 0) is 491 Å². The Morgan fingerprint density at radius 2 is 0.486 bits per heavy atom. The number of rotatable bonds is 0. The molecule has 2 aliphatic heterocycles. The first kappa shape index (κ1) is 111. The zero-order valence-electron chi connectivity index (χ0n) is 25.4. The monoisotopic (exact) mass is 1640 g/mol. The van der Waals surface area contributed by atoms with Gasteiger partial charge in [-0.1, -0.05) is 0 Å². The van der Waals surface area contributed by atoms with E-state index in [0.717, 1.165) is 0 Å². The molecule has 181 valence electrons. The van der Waals surface area contributed by atoms with E-state index in [2.05, 4.69) is 64.2 Å². The predicted molar refractivity (Wildman–Crippen MR) is 103 cm³/mol. The third-order valence-electron chi connectivity index (χ3n) is 4.31. The van der Waals surface area contributed by atoms with Gasteiger partial charge in [0.1, 0.15) is 0 Å². The molecule has 0 bridgehead atoms. The van der Waals surface area contributed by atoms with E-state index in [-0.39, 0.29) is 505 Å². The van der Waals surface area contributed by atoms with E-state index in [1.54, 1.807) is 0 Å². The Morgan fingerprint density at radius 3 is 0.568 bits per heavy atom. The van der Waals surface area contributed by atoms with Crippen LogP contribution in [-0.4, -0.2) is 47.1 Å². The van der Waals surface area contributed by atoms with Crippen LogP contribution in [0.25, 0.3) is 0 Å². The maximum Gasteiger partial charge on any atom is 0.0122 e. The van der Waals surface area contributed by atoms with Crippen LogP contribution in [0.1, 0.15) is 67.2 Å². The van der Waals surface area contributed by atoms with Gasteiger partial charge in [0.05, 0.1) is 0 Å². The van der Waals surface area contributed by atoms with Crippen LogP contribution < -0.4 is 0 Å². The van der Waals surface area contributed by atoms with Crippen molar-refractivity contribution in [1.82, 2.24) is 9.80 Å². The summed E-state index contributed by atoms with van der Waals surface area (Å²) in [4.78, 5) is 5.10. The third kappa shape index (κ3) is 67.6. The van der Waals surface area contributed by atoms with E-state index >= 15 is 0 Å². The molecule has 0 atom stereocenters. The summed E-state index contributed by atoms with van der Waals surface area (Å²) in [6.45, 7) is 18.8. The van der Waals surface area contributed by atoms with Crippen molar-refractivity contribution >= 4 is 0 Å². The molecule has 2 saturated heterocycles. The molecule has 17 heteroatoms. The molecule has 2 rings (SSSR count). The minimum atomic E-state index is 0. The second-order valence-electron chi connectivity index (χ2n) is 8.05. The van der Waals surface area contributed by atoms with E-state index < -0.39 is 0 Å². The van der Waals surface area contributed by atoms with Gasteiger partial charge in [-0.2, -0.15) is 25.7 Å². The summed E-state index contributed by atoms with van der Waals surface area (Å²) in [6.07, 6.45) is 9.88. The normalized spacial score (nSPS) is 12.5. The summed E-state index contributed by atoms with van der Waals surface area (Å²) in [6, 6.07) is 0. The van der Waals surface area contributed by atoms with Crippen LogP contribution in [0.2, 0.25) is 0 Å². The largest absolute Gasteiger partial charge is 0.358 e.